The summed E-state index contributed by atoms with van der Waals surface area (Å²) in [4.78, 5) is 30.3. The number of allylic oxidation sites excluding steroid dienone is 1. The maximum Gasteiger partial charge on any atom is 0.276 e. The van der Waals surface area contributed by atoms with Crippen LogP contribution in [0.5, 0.6) is 0 Å². The largest absolute Gasteiger partial charge is 0.402 e. The number of carbonyl (C=O) groups is 2. The molecule has 0 unspecified atom stereocenters. The van der Waals surface area contributed by atoms with Gasteiger partial charge in [-0.3, -0.25) is 19.8 Å². The van der Waals surface area contributed by atoms with Gasteiger partial charge in [0.25, 0.3) is 11.8 Å². The first kappa shape index (κ1) is 19.7. The van der Waals surface area contributed by atoms with Crippen LogP contribution in [0.3, 0.4) is 0 Å². The molecule has 0 saturated heterocycles. The Kier molecular flexibility index (Phi) is 5.86. The van der Waals surface area contributed by atoms with Crippen LogP contribution in [-0.4, -0.2) is 45.8 Å². The quantitative estimate of drug-likeness (QED) is 0.428. The van der Waals surface area contributed by atoms with Crippen LogP contribution in [-0.2, 0) is 17.9 Å². The number of aromatic nitrogens is 1. The van der Waals surface area contributed by atoms with Gasteiger partial charge in [0.2, 0.25) is 0 Å². The van der Waals surface area contributed by atoms with E-state index >= 15 is 0 Å². The second-order valence-corrected chi connectivity index (χ2v) is 7.39. The van der Waals surface area contributed by atoms with Crippen molar-refractivity contribution in [3.05, 3.63) is 35.3 Å². The van der Waals surface area contributed by atoms with Crippen molar-refractivity contribution in [1.82, 2.24) is 14.9 Å². The van der Waals surface area contributed by atoms with Gasteiger partial charge in [0.1, 0.15) is 5.71 Å². The zero-order chi connectivity index (χ0) is 19.5. The molecule has 2 heterocycles. The average molecular weight is 361 g/mol. The van der Waals surface area contributed by atoms with Crippen molar-refractivity contribution in [3.63, 3.8) is 0 Å². The van der Waals surface area contributed by atoms with Gasteiger partial charge < -0.3 is 15.2 Å². The van der Waals surface area contributed by atoms with Gasteiger partial charge >= 0.3 is 0 Å². The molecule has 2 amide bonds. The topological polar surface area (TPSA) is 113 Å². The lowest BCUT2D eigenvalue weighted by molar-refractivity contribution is -0.124. The number of aryl methyl sites for hydroxylation is 1. The number of nitrogens with two attached hydrogens (primary N) is 1. The van der Waals surface area contributed by atoms with Gasteiger partial charge in [-0.2, -0.15) is 0 Å². The molecule has 0 saturated carbocycles. The maximum atomic E-state index is 12.9. The molecule has 4 N–H and O–H groups in total. The Morgan fingerprint density at radius 3 is 2.62 bits per heavy atom. The van der Waals surface area contributed by atoms with E-state index < -0.39 is 5.91 Å². The van der Waals surface area contributed by atoms with Gasteiger partial charge in [-0.15, -0.1) is 0 Å². The Labute approximate surface area is 153 Å². The van der Waals surface area contributed by atoms with Crippen LogP contribution in [0.15, 0.2) is 29.0 Å². The summed E-state index contributed by atoms with van der Waals surface area (Å²) in [6.45, 7) is 7.57. The summed E-state index contributed by atoms with van der Waals surface area (Å²) < 4.78 is 1.93. The third-order valence-electron chi connectivity index (χ3n) is 4.44. The Balaban J connectivity index is 2.24. The van der Waals surface area contributed by atoms with Crippen LogP contribution in [0.2, 0.25) is 0 Å². The van der Waals surface area contributed by atoms with Gasteiger partial charge in [-0.25, -0.2) is 5.48 Å². The Morgan fingerprint density at radius 2 is 2.04 bits per heavy atom. The number of rotatable bonds is 3. The molecule has 0 atom stereocenters. The highest BCUT2D eigenvalue weighted by Crippen LogP contribution is 2.21. The molecule has 1 aliphatic rings. The number of fused-ring (bicyclic) bond motifs is 1. The summed E-state index contributed by atoms with van der Waals surface area (Å²) in [6, 6.07) is 1.68. The van der Waals surface area contributed by atoms with E-state index in [2.05, 4.69) is 4.99 Å². The minimum absolute atomic E-state index is 0.192. The van der Waals surface area contributed by atoms with Gasteiger partial charge in [0, 0.05) is 43.1 Å². The molecule has 0 fully saturated rings. The monoisotopic (exact) mass is 361 g/mol. The Morgan fingerprint density at radius 1 is 1.35 bits per heavy atom. The fraction of sp³-hybridized carbons (Fsp3) is 0.500. The maximum absolute atomic E-state index is 12.9. The minimum Gasteiger partial charge on any atom is -0.402 e. The molecule has 8 nitrogen and oxygen atoms in total. The third kappa shape index (κ3) is 4.32. The van der Waals surface area contributed by atoms with Crippen LogP contribution in [0.4, 0.5) is 0 Å². The minimum atomic E-state index is -0.569. The number of aliphatic imine (C=N–C) groups is 1. The fourth-order valence-electron chi connectivity index (χ4n) is 2.71. The summed E-state index contributed by atoms with van der Waals surface area (Å²) in [5.74, 6) is -0.761. The number of nitrogens with zero attached hydrogens (tertiary/aromatic N) is 3. The highest BCUT2D eigenvalue weighted by Gasteiger charge is 2.24. The number of nitrogens with one attached hydrogen (secondary N) is 1. The highest BCUT2D eigenvalue weighted by molar-refractivity contribution is 6.43. The molecular weight excluding hydrogens is 334 g/mol. The Bertz CT molecular complexity index is 755. The number of hydroxylamine groups is 1. The smallest absolute Gasteiger partial charge is 0.276 e. The molecule has 0 spiro atoms. The van der Waals surface area contributed by atoms with Crippen molar-refractivity contribution in [1.29, 1.82) is 0 Å². The fourth-order valence-corrected chi connectivity index (χ4v) is 2.71. The standard InChI is InChI=1S/C18H27N5O3/c1-18(2,3)15(19)9-14(20-4)17(25)23-7-5-6-22-10-12(16(24)21-26)8-13(22)11-23/h8-10,26H,5-7,11,19H2,1-4H3,(H,21,24). The lowest BCUT2D eigenvalue weighted by Crippen LogP contribution is -2.36. The predicted octanol–water partition coefficient (Wildman–Crippen LogP) is 1.30. The molecular formula is C18H27N5O3. The summed E-state index contributed by atoms with van der Waals surface area (Å²) in [7, 11) is 1.57. The van der Waals surface area contributed by atoms with Crippen LogP contribution in [0.1, 0.15) is 43.2 Å². The Hall–Kier alpha value is -2.61. The van der Waals surface area contributed by atoms with Gasteiger partial charge in [-0.1, -0.05) is 20.8 Å². The van der Waals surface area contributed by atoms with Crippen molar-refractivity contribution >= 4 is 17.5 Å². The summed E-state index contributed by atoms with van der Waals surface area (Å²) >= 11 is 0. The van der Waals surface area contributed by atoms with Crippen molar-refractivity contribution < 1.29 is 14.8 Å². The first-order chi connectivity index (χ1) is 12.2. The lowest BCUT2D eigenvalue weighted by Gasteiger charge is -2.22. The van der Waals surface area contributed by atoms with Crippen molar-refractivity contribution in [3.8, 4) is 0 Å². The van der Waals surface area contributed by atoms with Crippen LogP contribution in [0.25, 0.3) is 0 Å². The average Bonchev–Trinajstić information content (AvgIpc) is 2.88. The molecule has 142 valence electrons. The lowest BCUT2D eigenvalue weighted by atomic mass is 9.91. The molecule has 1 aliphatic heterocycles. The molecule has 1 aromatic heterocycles. The number of amides is 2. The number of hydrogen-bond donors (Lipinski definition) is 3. The van der Waals surface area contributed by atoms with Crippen molar-refractivity contribution in [2.75, 3.05) is 13.6 Å². The third-order valence-corrected chi connectivity index (χ3v) is 4.44. The van der Waals surface area contributed by atoms with Gasteiger partial charge in [0.05, 0.1) is 12.1 Å². The van der Waals surface area contributed by atoms with Crippen molar-refractivity contribution in [2.45, 2.75) is 40.3 Å². The molecule has 0 aromatic carbocycles. The molecule has 0 aliphatic carbocycles. The molecule has 0 bridgehead atoms. The van der Waals surface area contributed by atoms with E-state index in [1.165, 1.54) is 0 Å². The van der Waals surface area contributed by atoms with Crippen molar-refractivity contribution in [2.24, 2.45) is 16.1 Å². The van der Waals surface area contributed by atoms with Crippen LogP contribution in [0, 0.1) is 5.41 Å². The van der Waals surface area contributed by atoms with E-state index in [0.29, 0.717) is 36.6 Å². The van der Waals surface area contributed by atoms with E-state index in [1.54, 1.807) is 35.8 Å². The second kappa shape index (κ2) is 7.74. The first-order valence-corrected chi connectivity index (χ1v) is 8.54. The van der Waals surface area contributed by atoms with Gasteiger partial charge in [0.15, 0.2) is 0 Å². The SMILES string of the molecule is CN=C(C=C(N)C(C)(C)C)C(=O)N1CCCn2cc(C(=O)NO)cc2C1. The van der Waals surface area contributed by atoms with E-state index in [9.17, 15) is 9.59 Å². The second-order valence-electron chi connectivity index (χ2n) is 7.39. The summed E-state index contributed by atoms with van der Waals surface area (Å²) in [5, 5.41) is 8.79. The van der Waals surface area contributed by atoms with E-state index in [0.717, 1.165) is 12.1 Å². The summed E-state index contributed by atoms with van der Waals surface area (Å²) in [6.07, 6.45) is 4.07. The van der Waals surface area contributed by atoms with E-state index in [1.807, 2.05) is 25.3 Å². The van der Waals surface area contributed by atoms with Gasteiger partial charge in [-0.05, 0) is 18.6 Å². The van der Waals surface area contributed by atoms with Crippen LogP contribution >= 0.6 is 0 Å². The van der Waals surface area contributed by atoms with E-state index in [4.69, 9.17) is 10.9 Å². The summed E-state index contributed by atoms with van der Waals surface area (Å²) in [5.41, 5.74) is 9.56. The zero-order valence-corrected chi connectivity index (χ0v) is 15.7. The van der Waals surface area contributed by atoms with E-state index in [-0.39, 0.29) is 11.3 Å². The number of carbonyl (C=O) groups excluding carboxylic acids is 2. The molecule has 2 rings (SSSR count). The molecule has 26 heavy (non-hydrogen) atoms. The highest BCUT2D eigenvalue weighted by atomic mass is 16.5. The molecule has 8 heteroatoms. The molecule has 0 radical (unpaired) electrons. The predicted molar refractivity (Wildman–Crippen MR) is 98.8 cm³/mol. The first-order valence-electron chi connectivity index (χ1n) is 8.54. The number of hydrogen-bond acceptors (Lipinski definition) is 5. The molecule has 1 aromatic rings. The zero-order valence-electron chi connectivity index (χ0n) is 15.7. The normalized spacial score (nSPS) is 16.1. The van der Waals surface area contributed by atoms with Crippen LogP contribution < -0.4 is 11.2 Å².